The number of benzene rings is 1. The topological polar surface area (TPSA) is 52.6 Å². The highest BCUT2D eigenvalue weighted by molar-refractivity contribution is 8.13. The average Bonchev–Trinajstić information content (AvgIpc) is 2.34. The molecule has 1 rings (SSSR count). The first-order valence-corrected chi connectivity index (χ1v) is 6.67. The van der Waals surface area contributed by atoms with Crippen LogP contribution in [0.3, 0.4) is 0 Å². The molecule has 0 saturated heterocycles. The van der Waals surface area contributed by atoms with Gasteiger partial charge in [-0.2, -0.15) is 0 Å². The molecule has 0 amide bonds. The number of carbonyl (C=O) groups excluding carboxylic acids is 2. The van der Waals surface area contributed by atoms with E-state index < -0.39 is 16.8 Å². The summed E-state index contributed by atoms with van der Waals surface area (Å²) in [5, 5.41) is -0.589. The molecule has 0 radical (unpaired) electrons. The van der Waals surface area contributed by atoms with Crippen LogP contribution in [0.4, 0.5) is 4.79 Å². The Kier molecular flexibility index (Phi) is 6.60. The maximum atomic E-state index is 11.3. The van der Waals surface area contributed by atoms with E-state index >= 15 is 0 Å². The second kappa shape index (κ2) is 8.00. The van der Waals surface area contributed by atoms with E-state index in [9.17, 15) is 9.59 Å². The molecule has 0 aromatic heterocycles. The molecule has 0 bridgehead atoms. The summed E-state index contributed by atoms with van der Waals surface area (Å²) in [5.41, 5.74) is 0.193. The number of hydrogen-bond acceptors (Lipinski definition) is 5. The number of alkyl halides is 1. The predicted octanol–water partition coefficient (Wildman–Crippen LogP) is 3.18. The van der Waals surface area contributed by atoms with E-state index in [-0.39, 0.29) is 12.4 Å². The second-order valence-electron chi connectivity index (χ2n) is 3.35. The highest BCUT2D eigenvalue weighted by Crippen LogP contribution is 2.10. The molecule has 0 saturated carbocycles. The first kappa shape index (κ1) is 14.9. The molecule has 18 heavy (non-hydrogen) atoms. The number of esters is 1. The summed E-state index contributed by atoms with van der Waals surface area (Å²) in [4.78, 5) is 22.4. The maximum Gasteiger partial charge on any atom is 0.369 e. The summed E-state index contributed by atoms with van der Waals surface area (Å²) in [6.45, 7) is 1.72. The predicted molar refractivity (Wildman–Crippen MR) is 70.5 cm³/mol. The zero-order chi connectivity index (χ0) is 13.4. The quantitative estimate of drug-likeness (QED) is 0.615. The van der Waals surface area contributed by atoms with Crippen molar-refractivity contribution in [2.24, 2.45) is 0 Å². The van der Waals surface area contributed by atoms with E-state index in [2.05, 4.69) is 4.74 Å². The number of rotatable bonds is 5. The van der Waals surface area contributed by atoms with Crippen molar-refractivity contribution in [2.45, 2.75) is 19.1 Å². The van der Waals surface area contributed by atoms with Gasteiger partial charge in [-0.1, -0.05) is 41.9 Å². The second-order valence-corrected chi connectivity index (χ2v) is 4.87. The molecule has 1 unspecified atom stereocenters. The zero-order valence-corrected chi connectivity index (χ0v) is 11.4. The Morgan fingerprint density at radius 2 is 2.00 bits per heavy atom. The van der Waals surface area contributed by atoms with Gasteiger partial charge >= 0.3 is 11.3 Å². The molecule has 4 nitrogen and oxygen atoms in total. The molecule has 0 fully saturated rings. The summed E-state index contributed by atoms with van der Waals surface area (Å²) in [6, 6.07) is 9.30. The van der Waals surface area contributed by atoms with Gasteiger partial charge in [0.25, 0.3) is 0 Å². The van der Waals surface area contributed by atoms with Crippen molar-refractivity contribution in [3.8, 4) is 0 Å². The van der Waals surface area contributed by atoms with Crippen molar-refractivity contribution in [2.75, 3.05) is 5.75 Å². The van der Waals surface area contributed by atoms with E-state index in [1.54, 1.807) is 0 Å². The first-order valence-electron chi connectivity index (χ1n) is 5.25. The van der Waals surface area contributed by atoms with Gasteiger partial charge in [-0.25, -0.2) is 4.79 Å². The molecule has 98 valence electrons. The third kappa shape index (κ3) is 6.51. The summed E-state index contributed by atoms with van der Waals surface area (Å²) >= 11 is 6.18. The van der Waals surface area contributed by atoms with Crippen LogP contribution in [0.25, 0.3) is 0 Å². The van der Waals surface area contributed by atoms with Gasteiger partial charge in [0.05, 0.1) is 0 Å². The molecule has 1 aromatic rings. The minimum atomic E-state index is -0.703. The van der Waals surface area contributed by atoms with Crippen molar-refractivity contribution < 1.29 is 19.1 Å². The Hall–Kier alpha value is -1.20. The van der Waals surface area contributed by atoms with Crippen LogP contribution in [0.15, 0.2) is 30.3 Å². The van der Waals surface area contributed by atoms with Crippen molar-refractivity contribution in [3.63, 3.8) is 0 Å². The van der Waals surface area contributed by atoms with Gasteiger partial charge in [-0.3, -0.25) is 4.79 Å². The molecule has 0 aliphatic rings. The molecular weight excluding hydrogens is 276 g/mol. The Morgan fingerprint density at radius 1 is 1.33 bits per heavy atom. The maximum absolute atomic E-state index is 11.3. The summed E-state index contributed by atoms with van der Waals surface area (Å²) in [6.07, 6.45) is 0. The molecule has 6 heteroatoms. The van der Waals surface area contributed by atoms with E-state index in [0.29, 0.717) is 0 Å². The fraction of sp³-hybridized carbons (Fsp3) is 0.333. The minimum absolute atomic E-state index is 0.0880. The smallest absolute Gasteiger partial charge is 0.369 e. The first-order chi connectivity index (χ1) is 8.58. The van der Waals surface area contributed by atoms with Gasteiger partial charge < -0.3 is 9.47 Å². The number of hydrogen-bond donors (Lipinski definition) is 0. The SMILES string of the molecule is CC(Cl)OC(=O)SCC(=O)OCc1ccccc1. The monoisotopic (exact) mass is 288 g/mol. The normalized spacial score (nSPS) is 11.7. The van der Waals surface area contributed by atoms with Crippen LogP contribution >= 0.6 is 23.4 Å². The van der Waals surface area contributed by atoms with Crippen LogP contribution in [0, 0.1) is 0 Å². The number of ether oxygens (including phenoxy) is 2. The minimum Gasteiger partial charge on any atom is -0.460 e. The van der Waals surface area contributed by atoms with Crippen LogP contribution in [0.5, 0.6) is 0 Å². The van der Waals surface area contributed by atoms with E-state index in [0.717, 1.165) is 17.3 Å². The van der Waals surface area contributed by atoms with Gasteiger partial charge in [0.15, 0.2) is 5.56 Å². The molecule has 0 aliphatic carbocycles. The van der Waals surface area contributed by atoms with Gasteiger partial charge in [0, 0.05) is 0 Å². The Labute approximate surface area is 115 Å². The van der Waals surface area contributed by atoms with Crippen LogP contribution in [-0.2, 0) is 20.9 Å². The average molecular weight is 289 g/mol. The third-order valence-corrected chi connectivity index (χ3v) is 2.61. The van der Waals surface area contributed by atoms with Gasteiger partial charge in [0.1, 0.15) is 12.4 Å². The molecule has 0 spiro atoms. The lowest BCUT2D eigenvalue weighted by Gasteiger charge is -2.06. The van der Waals surface area contributed by atoms with E-state index in [1.807, 2.05) is 30.3 Å². The van der Waals surface area contributed by atoms with Crippen molar-refractivity contribution in [1.29, 1.82) is 0 Å². The van der Waals surface area contributed by atoms with Gasteiger partial charge in [0.2, 0.25) is 0 Å². The third-order valence-electron chi connectivity index (χ3n) is 1.81. The van der Waals surface area contributed by atoms with Crippen LogP contribution in [-0.4, -0.2) is 22.6 Å². The van der Waals surface area contributed by atoms with E-state index in [4.69, 9.17) is 16.3 Å². The highest BCUT2D eigenvalue weighted by Gasteiger charge is 2.11. The lowest BCUT2D eigenvalue weighted by Crippen LogP contribution is -2.11. The van der Waals surface area contributed by atoms with Gasteiger partial charge in [-0.15, -0.1) is 0 Å². The van der Waals surface area contributed by atoms with Crippen LogP contribution in [0.1, 0.15) is 12.5 Å². The summed E-state index contributed by atoms with van der Waals surface area (Å²) in [5.74, 6) is -0.557. The summed E-state index contributed by atoms with van der Waals surface area (Å²) < 4.78 is 9.63. The lowest BCUT2D eigenvalue weighted by molar-refractivity contribution is -0.141. The van der Waals surface area contributed by atoms with Crippen LogP contribution < -0.4 is 0 Å². The molecular formula is C12H13ClO4S. The van der Waals surface area contributed by atoms with Crippen molar-refractivity contribution in [1.82, 2.24) is 0 Å². The molecule has 0 heterocycles. The Morgan fingerprint density at radius 3 is 2.61 bits per heavy atom. The molecule has 1 atom stereocenters. The summed E-state index contributed by atoms with van der Waals surface area (Å²) in [7, 11) is 0. The number of halogens is 1. The Bertz CT molecular complexity index is 394. The van der Waals surface area contributed by atoms with Crippen LogP contribution in [0.2, 0.25) is 0 Å². The fourth-order valence-corrected chi connectivity index (χ4v) is 1.73. The van der Waals surface area contributed by atoms with Gasteiger partial charge in [-0.05, 0) is 24.2 Å². The highest BCUT2D eigenvalue weighted by atomic mass is 35.5. The van der Waals surface area contributed by atoms with Crippen molar-refractivity contribution in [3.05, 3.63) is 35.9 Å². The number of thioether (sulfide) groups is 1. The molecule has 0 N–H and O–H groups in total. The lowest BCUT2D eigenvalue weighted by atomic mass is 10.2. The fourth-order valence-electron chi connectivity index (χ4n) is 1.06. The zero-order valence-electron chi connectivity index (χ0n) is 9.80. The largest absolute Gasteiger partial charge is 0.460 e. The molecule has 0 aliphatic heterocycles. The number of carbonyl (C=O) groups is 2. The molecule has 1 aromatic carbocycles. The van der Waals surface area contributed by atoms with Crippen molar-refractivity contribution >= 4 is 34.6 Å². The Balaban J connectivity index is 2.20. The van der Waals surface area contributed by atoms with E-state index in [1.165, 1.54) is 6.92 Å². The standard InChI is InChI=1S/C12H13ClO4S/c1-9(13)17-12(15)18-8-11(14)16-7-10-5-3-2-4-6-10/h2-6,9H,7-8H2,1H3.